The van der Waals surface area contributed by atoms with Gasteiger partial charge in [0.05, 0.1) is 0 Å². The van der Waals surface area contributed by atoms with Crippen LogP contribution in [0.15, 0.2) is 163 Å². The van der Waals surface area contributed by atoms with E-state index in [0.29, 0.717) is 5.69 Å². The number of hydrogen-bond acceptors (Lipinski definition) is 3. The van der Waals surface area contributed by atoms with E-state index < -0.39 is 13.3 Å². The highest BCUT2D eigenvalue weighted by molar-refractivity contribution is 7.79. The first-order valence-corrected chi connectivity index (χ1v) is 16.9. The molecule has 0 saturated heterocycles. The molecule has 0 amide bonds. The average molecular weight is 620 g/mol. The molecule has 0 aliphatic carbocycles. The first kappa shape index (κ1) is 31.1. The molecule has 6 rings (SSSR count). The second kappa shape index (κ2) is 13.3. The lowest BCUT2D eigenvalue weighted by Gasteiger charge is -2.32. The predicted molar refractivity (Wildman–Crippen MR) is 194 cm³/mol. The van der Waals surface area contributed by atoms with Crippen molar-refractivity contribution in [3.63, 3.8) is 0 Å². The van der Waals surface area contributed by atoms with Gasteiger partial charge in [-0.1, -0.05) is 142 Å². The molecular weight excluding hydrogens is 581 g/mol. The number of benzene rings is 6. The predicted octanol–water partition coefficient (Wildman–Crippen LogP) is 10.3. The van der Waals surface area contributed by atoms with E-state index >= 15 is 0 Å². The van der Waals surface area contributed by atoms with Crippen LogP contribution in [0.4, 0.5) is 5.69 Å². The van der Waals surface area contributed by atoms with Crippen molar-refractivity contribution in [2.24, 2.45) is 5.18 Å². The summed E-state index contributed by atoms with van der Waals surface area (Å²) in [6, 6.07) is 54.7. The highest BCUT2D eigenvalue weighted by Crippen LogP contribution is 2.40. The Kier molecular flexibility index (Phi) is 8.97. The molecule has 6 aromatic rings. The molecule has 6 aromatic carbocycles. The molecule has 228 valence electrons. The molecule has 0 fully saturated rings. The van der Waals surface area contributed by atoms with Gasteiger partial charge >= 0.3 is 0 Å². The van der Waals surface area contributed by atoms with Gasteiger partial charge in [-0.05, 0) is 100 Å². The Morgan fingerprint density at radius 3 is 1.35 bits per heavy atom. The van der Waals surface area contributed by atoms with Gasteiger partial charge in [0.1, 0.15) is 17.2 Å². The first-order chi connectivity index (χ1) is 22.3. The molecule has 0 aromatic heterocycles. The maximum absolute atomic E-state index is 11.1. The number of nitroso groups, excluding NO2 is 1. The molecule has 0 bridgehead atoms. The Morgan fingerprint density at radius 2 is 0.848 bits per heavy atom. The molecule has 0 radical (unpaired) electrons. The highest BCUT2D eigenvalue weighted by Gasteiger charge is 2.31. The van der Waals surface area contributed by atoms with Gasteiger partial charge in [0.15, 0.2) is 0 Å². The summed E-state index contributed by atoms with van der Waals surface area (Å²) in [5.41, 5.74) is 4.82. The number of nitrogens with zero attached hydrogens (tertiary/aromatic N) is 1. The van der Waals surface area contributed by atoms with Crippen LogP contribution in [0.2, 0.25) is 0 Å². The van der Waals surface area contributed by atoms with Crippen LogP contribution in [0.1, 0.15) is 49.9 Å². The molecule has 0 heterocycles. The Bertz CT molecular complexity index is 1880. The molecular formula is C42H38NO2P. The summed E-state index contributed by atoms with van der Waals surface area (Å²) in [5.74, 6) is 1.57. The van der Waals surface area contributed by atoms with Gasteiger partial charge < -0.3 is 4.74 Å². The number of hydrogen-bond donors (Lipinski definition) is 0. The third-order valence-corrected chi connectivity index (χ3v) is 11.1. The third kappa shape index (κ3) is 6.57. The van der Waals surface area contributed by atoms with Crippen LogP contribution >= 0.6 is 7.92 Å². The summed E-state index contributed by atoms with van der Waals surface area (Å²) in [6.45, 7) is 8.97. The molecule has 0 aliphatic heterocycles. The maximum atomic E-state index is 11.1. The van der Waals surface area contributed by atoms with E-state index in [4.69, 9.17) is 4.74 Å². The Labute approximate surface area is 273 Å². The molecule has 46 heavy (non-hydrogen) atoms. The fourth-order valence-electron chi connectivity index (χ4n) is 5.92. The van der Waals surface area contributed by atoms with Crippen LogP contribution in [0.5, 0.6) is 11.5 Å². The monoisotopic (exact) mass is 619 g/mol. The zero-order valence-corrected chi connectivity index (χ0v) is 27.6. The maximum Gasteiger partial charge on any atom is 0.127 e. The largest absolute Gasteiger partial charge is 0.457 e. The first-order valence-electron chi connectivity index (χ1n) is 15.6. The minimum absolute atomic E-state index is 0.117. The lowest BCUT2D eigenvalue weighted by atomic mass is 9.71. The van der Waals surface area contributed by atoms with Crippen molar-refractivity contribution >= 4 is 29.5 Å². The van der Waals surface area contributed by atoms with E-state index in [2.05, 4.69) is 148 Å². The smallest absolute Gasteiger partial charge is 0.127 e. The van der Waals surface area contributed by atoms with Gasteiger partial charge in [-0.25, -0.2) is 0 Å². The normalized spacial score (nSPS) is 13.4. The van der Waals surface area contributed by atoms with E-state index in [0.717, 1.165) is 28.2 Å². The summed E-state index contributed by atoms with van der Waals surface area (Å²) in [5, 5.41) is 7.01. The average Bonchev–Trinajstić information content (AvgIpc) is 3.10. The van der Waals surface area contributed by atoms with Crippen LogP contribution in [-0.4, -0.2) is 0 Å². The Balaban J connectivity index is 1.26. The van der Waals surface area contributed by atoms with Crippen molar-refractivity contribution in [1.29, 1.82) is 0 Å². The summed E-state index contributed by atoms with van der Waals surface area (Å²) in [7, 11) is -0.710. The zero-order valence-electron chi connectivity index (χ0n) is 26.7. The second-order valence-corrected chi connectivity index (χ2v) is 14.9. The van der Waals surface area contributed by atoms with Gasteiger partial charge in [-0.3, -0.25) is 0 Å². The van der Waals surface area contributed by atoms with Crippen molar-refractivity contribution < 1.29 is 4.74 Å². The molecule has 0 spiro atoms. The van der Waals surface area contributed by atoms with Gasteiger partial charge in [-0.15, -0.1) is 4.91 Å². The van der Waals surface area contributed by atoms with E-state index in [9.17, 15) is 4.91 Å². The summed E-state index contributed by atoms with van der Waals surface area (Å²) < 4.78 is 6.35. The summed E-state index contributed by atoms with van der Waals surface area (Å²) in [4.78, 5) is 11.1. The molecule has 0 aliphatic rings. The molecule has 4 heteroatoms. The van der Waals surface area contributed by atoms with Gasteiger partial charge in [0, 0.05) is 5.41 Å². The van der Waals surface area contributed by atoms with E-state index in [-0.39, 0.29) is 5.41 Å². The highest BCUT2D eigenvalue weighted by atomic mass is 31.1. The SMILES string of the molecule is CC(C)(C)c1ccc(P(c2ccccc2)c2ccc(Oc3ccc(C(C)(c4ccccc4)c4ccc(N=O)cc4)cc3)cc2)cc1. The Hall–Kier alpha value is -4.85. The van der Waals surface area contributed by atoms with Gasteiger partial charge in [0.2, 0.25) is 0 Å². The fourth-order valence-corrected chi connectivity index (χ4v) is 8.18. The second-order valence-electron chi connectivity index (χ2n) is 12.7. The van der Waals surface area contributed by atoms with E-state index in [1.54, 1.807) is 12.1 Å². The van der Waals surface area contributed by atoms with Crippen LogP contribution in [0.25, 0.3) is 0 Å². The summed E-state index contributed by atoms with van der Waals surface area (Å²) in [6.07, 6.45) is 0. The van der Waals surface area contributed by atoms with Crippen LogP contribution < -0.4 is 20.7 Å². The lowest BCUT2D eigenvalue weighted by molar-refractivity contribution is 0.482. The molecule has 0 saturated carbocycles. The minimum Gasteiger partial charge on any atom is -0.457 e. The summed E-state index contributed by atoms with van der Waals surface area (Å²) >= 11 is 0. The molecule has 2 unspecified atom stereocenters. The molecule has 0 N–H and O–H groups in total. The number of rotatable bonds is 9. The standard InChI is InChI=1S/C42H38NO2P/c1-41(2,3)31-19-27-39(28-20-31)46(38-13-9-6-10-14-38)40-29-25-37(26-30-40)45-36-23-17-34(18-24-36)42(4,32-11-7-5-8-12-32)33-15-21-35(43-44)22-16-33/h5-30H,1-4H3. The van der Waals surface area contributed by atoms with Crippen molar-refractivity contribution in [3.05, 3.63) is 185 Å². The van der Waals surface area contributed by atoms with Crippen molar-refractivity contribution in [1.82, 2.24) is 0 Å². The Morgan fingerprint density at radius 1 is 0.457 bits per heavy atom. The molecule has 2 atom stereocenters. The quantitative estimate of drug-likeness (QED) is 0.0918. The lowest BCUT2D eigenvalue weighted by Crippen LogP contribution is -2.25. The molecule has 3 nitrogen and oxygen atoms in total. The third-order valence-electron chi connectivity index (χ3n) is 8.67. The topological polar surface area (TPSA) is 38.7 Å². The van der Waals surface area contributed by atoms with Crippen LogP contribution in [-0.2, 0) is 10.8 Å². The van der Waals surface area contributed by atoms with Crippen molar-refractivity contribution in [2.75, 3.05) is 0 Å². The van der Waals surface area contributed by atoms with E-state index in [1.165, 1.54) is 21.5 Å². The van der Waals surface area contributed by atoms with Crippen LogP contribution in [0.3, 0.4) is 0 Å². The number of ether oxygens (including phenoxy) is 1. The van der Waals surface area contributed by atoms with Gasteiger partial charge in [-0.2, -0.15) is 0 Å². The van der Waals surface area contributed by atoms with Crippen LogP contribution in [0, 0.1) is 4.91 Å². The van der Waals surface area contributed by atoms with Crippen molar-refractivity contribution in [2.45, 2.75) is 38.5 Å². The van der Waals surface area contributed by atoms with Gasteiger partial charge in [0.25, 0.3) is 0 Å². The fraction of sp³-hybridized carbons (Fsp3) is 0.143. The van der Waals surface area contributed by atoms with Crippen molar-refractivity contribution in [3.8, 4) is 11.5 Å². The van der Waals surface area contributed by atoms with E-state index in [1.807, 2.05) is 30.3 Å². The minimum atomic E-state index is -0.710. The zero-order chi connectivity index (χ0) is 32.1.